The summed E-state index contributed by atoms with van der Waals surface area (Å²) in [5.74, 6) is 0. The molecule has 0 atom stereocenters. The molecule has 0 heterocycles. The molecule has 3 aromatic rings. The van der Waals surface area contributed by atoms with E-state index in [9.17, 15) is 14.4 Å². The van der Waals surface area contributed by atoms with Crippen LogP contribution in [-0.2, 0) is 0 Å². The molecular formula is C17H11IO3. The molecule has 0 amide bonds. The second-order valence-electron chi connectivity index (χ2n) is 4.74. The predicted molar refractivity (Wildman–Crippen MR) is 92.3 cm³/mol. The average molecular weight is 390 g/mol. The SMILES string of the molecule is Cc1ccc(I=c2c(=O)c(=O)c3ccccc3c2=O)cc1. The lowest BCUT2D eigenvalue weighted by Crippen LogP contribution is -2.30. The highest BCUT2D eigenvalue weighted by Gasteiger charge is 2.09. The number of benzene rings is 3. The molecule has 0 bridgehead atoms. The van der Waals surface area contributed by atoms with E-state index in [2.05, 4.69) is 0 Å². The molecule has 4 heteroatoms. The van der Waals surface area contributed by atoms with Crippen LogP contribution in [0.1, 0.15) is 5.56 Å². The van der Waals surface area contributed by atoms with Crippen molar-refractivity contribution in [3.63, 3.8) is 0 Å². The summed E-state index contributed by atoms with van der Waals surface area (Å²) in [6, 6.07) is 14.3. The summed E-state index contributed by atoms with van der Waals surface area (Å²) in [5, 5.41) is 0.577. The molecule has 104 valence electrons. The lowest BCUT2D eigenvalue weighted by Gasteiger charge is -1.95. The first-order chi connectivity index (χ1) is 10.1. The first-order valence-corrected chi connectivity index (χ1v) is 8.55. The van der Waals surface area contributed by atoms with E-state index in [4.69, 9.17) is 0 Å². The van der Waals surface area contributed by atoms with Crippen molar-refractivity contribution >= 4 is 31.5 Å². The summed E-state index contributed by atoms with van der Waals surface area (Å²) >= 11 is -0.944. The number of aryl methyl sites for hydroxylation is 1. The topological polar surface area (TPSA) is 51.2 Å². The molecule has 0 aromatic heterocycles. The Morgan fingerprint density at radius 2 is 1.29 bits per heavy atom. The van der Waals surface area contributed by atoms with Crippen LogP contribution in [0.25, 0.3) is 10.8 Å². The fourth-order valence-corrected chi connectivity index (χ4v) is 4.48. The van der Waals surface area contributed by atoms with Gasteiger partial charge in [0, 0.05) is 14.3 Å². The van der Waals surface area contributed by atoms with E-state index in [1.165, 1.54) is 6.07 Å². The third kappa shape index (κ3) is 2.51. The van der Waals surface area contributed by atoms with Gasteiger partial charge in [0.25, 0.3) is 0 Å². The highest BCUT2D eigenvalue weighted by atomic mass is 127. The van der Waals surface area contributed by atoms with Crippen LogP contribution in [0.15, 0.2) is 62.9 Å². The summed E-state index contributed by atoms with van der Waals surface area (Å²) < 4.78 is 1.13. The predicted octanol–water partition coefficient (Wildman–Crippen LogP) is 2.48. The van der Waals surface area contributed by atoms with Crippen LogP contribution in [0.5, 0.6) is 0 Å². The van der Waals surface area contributed by atoms with Gasteiger partial charge in [-0.25, -0.2) is 0 Å². The molecule has 0 aliphatic rings. The Hall–Kier alpha value is -1.95. The molecule has 0 aliphatic carbocycles. The monoisotopic (exact) mass is 390 g/mol. The van der Waals surface area contributed by atoms with Crippen molar-refractivity contribution in [2.75, 3.05) is 0 Å². The van der Waals surface area contributed by atoms with Crippen LogP contribution in [0.3, 0.4) is 0 Å². The van der Waals surface area contributed by atoms with E-state index in [1.807, 2.05) is 31.2 Å². The van der Waals surface area contributed by atoms with Crippen molar-refractivity contribution < 1.29 is 0 Å². The largest absolute Gasteiger partial charge is 0.288 e. The summed E-state index contributed by atoms with van der Waals surface area (Å²) in [7, 11) is 0. The summed E-state index contributed by atoms with van der Waals surface area (Å²) in [4.78, 5) is 36.8. The summed E-state index contributed by atoms with van der Waals surface area (Å²) in [6.07, 6.45) is 0. The van der Waals surface area contributed by atoms with Crippen LogP contribution in [0, 0.1) is 13.6 Å². The number of hydrogen-bond donors (Lipinski definition) is 0. The van der Waals surface area contributed by atoms with Crippen molar-refractivity contribution in [1.29, 1.82) is 0 Å². The van der Waals surface area contributed by atoms with Crippen molar-refractivity contribution in [2.24, 2.45) is 0 Å². The van der Waals surface area contributed by atoms with E-state index < -0.39 is 31.6 Å². The number of fused-ring (bicyclic) bond motifs is 1. The van der Waals surface area contributed by atoms with Crippen LogP contribution in [0.4, 0.5) is 0 Å². The second-order valence-corrected chi connectivity index (χ2v) is 7.60. The lowest BCUT2D eigenvalue weighted by atomic mass is 10.1. The lowest BCUT2D eigenvalue weighted by molar-refractivity contribution is 1.45. The van der Waals surface area contributed by atoms with E-state index in [0.717, 1.165) is 9.13 Å². The average Bonchev–Trinajstić information content (AvgIpc) is 2.51. The van der Waals surface area contributed by atoms with Crippen molar-refractivity contribution in [1.82, 2.24) is 0 Å². The Labute approximate surface area is 130 Å². The quantitative estimate of drug-likeness (QED) is 0.474. The maximum Gasteiger partial charge on any atom is 0.243 e. The molecule has 0 radical (unpaired) electrons. The highest BCUT2D eigenvalue weighted by molar-refractivity contribution is 14.2. The van der Waals surface area contributed by atoms with E-state index >= 15 is 0 Å². The van der Waals surface area contributed by atoms with Gasteiger partial charge in [-0.1, -0.05) is 62.7 Å². The van der Waals surface area contributed by atoms with Crippen LogP contribution in [0.2, 0.25) is 0 Å². The van der Waals surface area contributed by atoms with Crippen molar-refractivity contribution in [3.05, 3.63) is 91.5 Å². The molecule has 0 fully saturated rings. The standard InChI is InChI=1S/C17H11IO3/c1-10-6-8-11(9-7-10)18-14-15(19)12-4-2-3-5-13(12)16(20)17(14)21/h2-9H,1H3. The molecule has 0 aliphatic heterocycles. The van der Waals surface area contributed by atoms with Gasteiger partial charge in [0.05, 0.1) is 0 Å². The maximum absolute atomic E-state index is 12.5. The third-order valence-electron chi connectivity index (χ3n) is 3.24. The fourth-order valence-electron chi connectivity index (χ4n) is 2.11. The van der Waals surface area contributed by atoms with Gasteiger partial charge in [-0.05, 0) is 19.1 Å². The minimum atomic E-state index is -0.944. The first-order valence-electron chi connectivity index (χ1n) is 6.39. The Morgan fingerprint density at radius 3 is 1.90 bits per heavy atom. The van der Waals surface area contributed by atoms with Crippen LogP contribution < -0.4 is 16.3 Å². The van der Waals surface area contributed by atoms with Gasteiger partial charge in [0.15, 0.2) is 0 Å². The van der Waals surface area contributed by atoms with Crippen molar-refractivity contribution in [2.45, 2.75) is 6.92 Å². The Morgan fingerprint density at radius 1 is 0.714 bits per heavy atom. The van der Waals surface area contributed by atoms with E-state index in [0.29, 0.717) is 5.39 Å². The van der Waals surface area contributed by atoms with E-state index in [1.54, 1.807) is 18.2 Å². The molecular weight excluding hydrogens is 379 g/mol. The highest BCUT2D eigenvalue weighted by Crippen LogP contribution is 2.14. The molecule has 3 aromatic carbocycles. The molecule has 3 nitrogen and oxygen atoms in total. The van der Waals surface area contributed by atoms with Gasteiger partial charge >= 0.3 is 0 Å². The molecule has 21 heavy (non-hydrogen) atoms. The van der Waals surface area contributed by atoms with Gasteiger partial charge in [0.1, 0.15) is 3.15 Å². The molecule has 3 rings (SSSR count). The molecule has 0 spiro atoms. The molecule has 0 N–H and O–H groups in total. The van der Waals surface area contributed by atoms with Gasteiger partial charge < -0.3 is 0 Å². The normalized spacial score (nSPS) is 12.3. The number of halogens is 1. The van der Waals surface area contributed by atoms with Gasteiger partial charge in [0.2, 0.25) is 16.3 Å². The Kier molecular flexibility index (Phi) is 3.63. The van der Waals surface area contributed by atoms with Crippen LogP contribution >= 0.6 is 20.7 Å². The summed E-state index contributed by atoms with van der Waals surface area (Å²) in [5.41, 5.74) is -0.363. The number of rotatable bonds is 1. The summed E-state index contributed by atoms with van der Waals surface area (Å²) in [6.45, 7) is 1.98. The van der Waals surface area contributed by atoms with Gasteiger partial charge in [-0.3, -0.25) is 14.4 Å². The molecule has 0 saturated heterocycles. The Bertz CT molecular complexity index is 1040. The smallest absolute Gasteiger partial charge is 0.243 e. The molecule has 0 unspecified atom stereocenters. The van der Waals surface area contributed by atoms with Crippen molar-refractivity contribution in [3.8, 4) is 0 Å². The maximum atomic E-state index is 12.5. The minimum absolute atomic E-state index is 0.168. The van der Waals surface area contributed by atoms with Crippen LogP contribution in [-0.4, -0.2) is 0 Å². The number of hydrogen-bond acceptors (Lipinski definition) is 3. The Balaban J connectivity index is 2.44. The molecule has 0 saturated carbocycles. The van der Waals surface area contributed by atoms with E-state index in [-0.39, 0.29) is 14.0 Å². The third-order valence-corrected chi connectivity index (χ3v) is 6.10. The fraction of sp³-hybridized carbons (Fsp3) is 0.0588. The minimum Gasteiger partial charge on any atom is -0.288 e. The first kappa shape index (κ1) is 14.0. The van der Waals surface area contributed by atoms with Gasteiger partial charge in [-0.2, -0.15) is 0 Å². The zero-order valence-corrected chi connectivity index (χ0v) is 13.4. The van der Waals surface area contributed by atoms with Gasteiger partial charge in [-0.15, -0.1) is 0 Å². The second kappa shape index (κ2) is 5.44. The zero-order valence-electron chi connectivity index (χ0n) is 11.2. The zero-order chi connectivity index (χ0) is 15.0.